The van der Waals surface area contributed by atoms with Gasteiger partial charge in [0.1, 0.15) is 6.10 Å². The summed E-state index contributed by atoms with van der Waals surface area (Å²) in [5.41, 5.74) is 2.88. The summed E-state index contributed by atoms with van der Waals surface area (Å²) >= 11 is 0. The number of hydrogen-bond donors (Lipinski definition) is 0. The predicted octanol–water partition coefficient (Wildman–Crippen LogP) is 9.06. The lowest BCUT2D eigenvalue weighted by atomic mass is 9.47. The number of carbonyl (C=O) groups excluding carboxylic acids is 1. The lowest BCUT2D eigenvalue weighted by molar-refractivity contribution is -0.0565. The van der Waals surface area contributed by atoms with Crippen molar-refractivity contribution in [2.24, 2.45) is 52.3 Å². The van der Waals surface area contributed by atoms with Gasteiger partial charge in [-0.05, 0) is 116 Å². The van der Waals surface area contributed by atoms with Crippen molar-refractivity contribution in [3.8, 4) is 0 Å². The van der Waals surface area contributed by atoms with Gasteiger partial charge in [-0.1, -0.05) is 65.3 Å². The van der Waals surface area contributed by atoms with Crippen molar-refractivity contribution in [1.82, 2.24) is 4.98 Å². The third-order valence-corrected chi connectivity index (χ3v) is 11.9. The molecule has 3 fully saturated rings. The molecule has 1 heterocycles. The van der Waals surface area contributed by atoms with Gasteiger partial charge >= 0.3 is 5.97 Å². The molecule has 0 radical (unpaired) electrons. The quantitative estimate of drug-likeness (QED) is 0.267. The lowest BCUT2D eigenvalue weighted by Gasteiger charge is -2.58. The summed E-state index contributed by atoms with van der Waals surface area (Å²) in [6.45, 7) is 14.8. The molecular weight excluding hydrogens is 466 g/mol. The van der Waals surface area contributed by atoms with Crippen LogP contribution in [0.25, 0.3) is 0 Å². The van der Waals surface area contributed by atoms with E-state index >= 15 is 0 Å². The number of ether oxygens (including phenoxy) is 1. The Morgan fingerprint density at radius 1 is 1.11 bits per heavy atom. The Labute approximate surface area is 231 Å². The predicted molar refractivity (Wildman–Crippen MR) is 156 cm³/mol. The SMILES string of the molecule is CCC(/C=C/C(C)C1CCC2C3CC=C4CC(OC(=O)c5cccnc5)CCC4(C)C3CCC12C)C(C)C. The maximum Gasteiger partial charge on any atom is 0.339 e. The van der Waals surface area contributed by atoms with Crippen LogP contribution >= 0.6 is 0 Å². The Kier molecular flexibility index (Phi) is 7.96. The smallest absolute Gasteiger partial charge is 0.339 e. The Hall–Kier alpha value is -1.90. The van der Waals surface area contributed by atoms with Gasteiger partial charge in [-0.15, -0.1) is 0 Å². The summed E-state index contributed by atoms with van der Waals surface area (Å²) < 4.78 is 5.97. The zero-order chi connectivity index (χ0) is 27.1. The second kappa shape index (κ2) is 10.9. The van der Waals surface area contributed by atoms with Gasteiger partial charge in [0.25, 0.3) is 0 Å². The average molecular weight is 518 g/mol. The van der Waals surface area contributed by atoms with Crippen LogP contribution in [0.4, 0.5) is 0 Å². The number of aromatic nitrogens is 1. The Morgan fingerprint density at radius 3 is 2.63 bits per heavy atom. The Morgan fingerprint density at radius 2 is 1.92 bits per heavy atom. The van der Waals surface area contributed by atoms with Crippen molar-refractivity contribution in [3.05, 3.63) is 53.9 Å². The van der Waals surface area contributed by atoms with E-state index in [1.807, 2.05) is 0 Å². The van der Waals surface area contributed by atoms with E-state index in [9.17, 15) is 4.79 Å². The summed E-state index contributed by atoms with van der Waals surface area (Å²) in [5.74, 6) is 5.14. The Balaban J connectivity index is 1.27. The van der Waals surface area contributed by atoms with E-state index in [-0.39, 0.29) is 17.5 Å². The summed E-state index contributed by atoms with van der Waals surface area (Å²) in [7, 11) is 0. The first-order valence-electron chi connectivity index (χ1n) is 15.7. The van der Waals surface area contributed by atoms with Crippen LogP contribution in [0.1, 0.15) is 110 Å². The molecule has 0 N–H and O–H groups in total. The molecule has 1 aromatic heterocycles. The van der Waals surface area contributed by atoms with Crippen LogP contribution in [-0.4, -0.2) is 17.1 Å². The summed E-state index contributed by atoms with van der Waals surface area (Å²) in [4.78, 5) is 16.8. The standard InChI is InChI=1S/C35H51NO2/c1-7-25(23(2)3)11-10-24(4)30-14-15-31-29-13-12-27-21-28(38-33(37)26-9-8-20-36-22-26)16-18-34(27,5)32(29)17-19-35(30,31)6/h8-12,20,22-25,28-32H,7,13-19,21H2,1-6H3/b11-10+. The zero-order valence-corrected chi connectivity index (χ0v) is 24.8. The molecule has 9 atom stereocenters. The van der Waals surface area contributed by atoms with Crippen molar-refractivity contribution in [2.45, 2.75) is 105 Å². The molecule has 3 nitrogen and oxygen atoms in total. The number of pyridine rings is 1. The van der Waals surface area contributed by atoms with Crippen molar-refractivity contribution in [1.29, 1.82) is 0 Å². The molecule has 38 heavy (non-hydrogen) atoms. The molecule has 9 unspecified atom stereocenters. The number of rotatable bonds is 7. The van der Waals surface area contributed by atoms with Gasteiger partial charge in [-0.2, -0.15) is 0 Å². The molecule has 3 saturated carbocycles. The summed E-state index contributed by atoms with van der Waals surface area (Å²) in [6.07, 6.45) is 22.1. The highest BCUT2D eigenvalue weighted by Crippen LogP contribution is 2.67. The van der Waals surface area contributed by atoms with Crippen LogP contribution in [-0.2, 0) is 4.74 Å². The van der Waals surface area contributed by atoms with E-state index in [1.165, 1.54) is 38.5 Å². The molecule has 1 aromatic rings. The number of allylic oxidation sites excluding steroid dienone is 3. The number of esters is 1. The van der Waals surface area contributed by atoms with Crippen LogP contribution in [0.3, 0.4) is 0 Å². The van der Waals surface area contributed by atoms with Gasteiger partial charge in [-0.3, -0.25) is 4.98 Å². The van der Waals surface area contributed by atoms with Crippen molar-refractivity contribution >= 4 is 5.97 Å². The van der Waals surface area contributed by atoms with Gasteiger partial charge in [0.05, 0.1) is 5.56 Å². The molecule has 208 valence electrons. The van der Waals surface area contributed by atoms with E-state index in [0.29, 0.717) is 22.8 Å². The zero-order valence-electron chi connectivity index (χ0n) is 24.8. The molecular formula is C35H51NO2. The first kappa shape index (κ1) is 27.7. The van der Waals surface area contributed by atoms with E-state index in [2.05, 4.69) is 64.8 Å². The van der Waals surface area contributed by atoms with E-state index in [0.717, 1.165) is 48.9 Å². The van der Waals surface area contributed by atoms with E-state index in [4.69, 9.17) is 4.74 Å². The van der Waals surface area contributed by atoms with Crippen LogP contribution in [0.2, 0.25) is 0 Å². The fourth-order valence-electron chi connectivity index (χ4n) is 9.62. The largest absolute Gasteiger partial charge is 0.458 e. The molecule has 4 aliphatic carbocycles. The topological polar surface area (TPSA) is 39.2 Å². The average Bonchev–Trinajstić information content (AvgIpc) is 3.26. The molecule has 0 aliphatic heterocycles. The molecule has 0 spiro atoms. The monoisotopic (exact) mass is 517 g/mol. The molecule has 5 rings (SSSR count). The van der Waals surface area contributed by atoms with Gasteiger partial charge in [-0.25, -0.2) is 4.79 Å². The second-order valence-electron chi connectivity index (χ2n) is 14.1. The van der Waals surface area contributed by atoms with E-state index < -0.39 is 0 Å². The minimum Gasteiger partial charge on any atom is -0.458 e. The van der Waals surface area contributed by atoms with Gasteiger partial charge in [0.2, 0.25) is 0 Å². The number of carbonyl (C=O) groups is 1. The highest BCUT2D eigenvalue weighted by molar-refractivity contribution is 5.89. The van der Waals surface area contributed by atoms with Crippen LogP contribution in [0, 0.1) is 52.3 Å². The van der Waals surface area contributed by atoms with E-state index in [1.54, 1.807) is 30.1 Å². The van der Waals surface area contributed by atoms with Crippen LogP contribution in [0.15, 0.2) is 48.3 Å². The number of hydrogen-bond acceptors (Lipinski definition) is 3. The second-order valence-corrected chi connectivity index (χ2v) is 14.1. The highest BCUT2D eigenvalue weighted by Gasteiger charge is 2.59. The molecule has 3 heteroatoms. The lowest BCUT2D eigenvalue weighted by Crippen LogP contribution is -2.51. The third-order valence-electron chi connectivity index (χ3n) is 11.9. The fourth-order valence-corrected chi connectivity index (χ4v) is 9.62. The first-order valence-corrected chi connectivity index (χ1v) is 15.7. The maximum atomic E-state index is 12.7. The molecule has 4 aliphatic rings. The van der Waals surface area contributed by atoms with Crippen LogP contribution < -0.4 is 0 Å². The third kappa shape index (κ3) is 4.92. The van der Waals surface area contributed by atoms with Crippen molar-refractivity contribution in [2.75, 3.05) is 0 Å². The minimum absolute atomic E-state index is 0.00581. The van der Waals surface area contributed by atoms with Crippen molar-refractivity contribution < 1.29 is 9.53 Å². The summed E-state index contributed by atoms with van der Waals surface area (Å²) in [5, 5.41) is 0. The van der Waals surface area contributed by atoms with Gasteiger partial charge in [0, 0.05) is 18.8 Å². The van der Waals surface area contributed by atoms with Gasteiger partial charge < -0.3 is 4.74 Å². The molecule has 0 bridgehead atoms. The fraction of sp³-hybridized carbons (Fsp3) is 0.714. The highest BCUT2D eigenvalue weighted by atomic mass is 16.5. The number of nitrogens with zero attached hydrogens (tertiary/aromatic N) is 1. The minimum atomic E-state index is -0.228. The summed E-state index contributed by atoms with van der Waals surface area (Å²) in [6, 6.07) is 3.59. The van der Waals surface area contributed by atoms with Gasteiger partial charge in [0.15, 0.2) is 0 Å². The maximum absolute atomic E-state index is 12.7. The van der Waals surface area contributed by atoms with Crippen LogP contribution in [0.5, 0.6) is 0 Å². The normalized spacial score (nSPS) is 38.2. The van der Waals surface area contributed by atoms with Crippen molar-refractivity contribution in [3.63, 3.8) is 0 Å². The molecule has 0 aromatic carbocycles. The number of fused-ring (bicyclic) bond motifs is 5. The Bertz CT molecular complexity index is 1040. The molecule has 0 amide bonds. The molecule has 0 saturated heterocycles. The first-order chi connectivity index (χ1) is 18.2.